The third-order valence-corrected chi connectivity index (χ3v) is 4.36. The summed E-state index contributed by atoms with van der Waals surface area (Å²) in [6.07, 6.45) is 1.02. The molecular formula is C12H12ClN3O3S2. The van der Waals surface area contributed by atoms with Gasteiger partial charge in [-0.05, 0) is 25.1 Å². The fraction of sp³-hybridized carbons (Fsp3) is 0.167. The molecular weight excluding hydrogens is 334 g/mol. The Morgan fingerprint density at radius 3 is 2.71 bits per heavy atom. The van der Waals surface area contributed by atoms with Gasteiger partial charge in [0, 0.05) is 10.7 Å². The van der Waals surface area contributed by atoms with Crippen LogP contribution >= 0.6 is 22.9 Å². The number of aromatic nitrogens is 1. The number of carbonyl (C=O) groups excluding carboxylic acids is 1. The molecule has 2 rings (SSSR count). The van der Waals surface area contributed by atoms with Crippen LogP contribution in [0.3, 0.4) is 0 Å². The zero-order valence-electron chi connectivity index (χ0n) is 11.2. The Kier molecular flexibility index (Phi) is 4.50. The minimum absolute atomic E-state index is 0.159. The predicted octanol–water partition coefficient (Wildman–Crippen LogP) is 2.73. The first-order valence-electron chi connectivity index (χ1n) is 5.77. The molecule has 1 aromatic heterocycles. The highest BCUT2D eigenvalue weighted by atomic mass is 35.5. The molecule has 1 aromatic carbocycles. The molecule has 0 spiro atoms. The summed E-state index contributed by atoms with van der Waals surface area (Å²) in [6.45, 7) is 1.64. The number of carbonyl (C=O) groups is 1. The average molecular weight is 346 g/mol. The predicted molar refractivity (Wildman–Crippen MR) is 84.7 cm³/mol. The van der Waals surface area contributed by atoms with Gasteiger partial charge in [-0.3, -0.25) is 9.52 Å². The van der Waals surface area contributed by atoms with Crippen molar-refractivity contribution in [1.82, 2.24) is 4.98 Å². The fourth-order valence-electron chi connectivity index (χ4n) is 1.56. The van der Waals surface area contributed by atoms with Gasteiger partial charge in [0.1, 0.15) is 4.88 Å². The first-order chi connectivity index (χ1) is 9.74. The molecule has 0 aliphatic heterocycles. The molecule has 6 nitrogen and oxygen atoms in total. The maximum absolute atomic E-state index is 12.2. The molecule has 112 valence electrons. The van der Waals surface area contributed by atoms with E-state index in [0.717, 1.165) is 17.6 Å². The van der Waals surface area contributed by atoms with Gasteiger partial charge < -0.3 is 5.32 Å². The zero-order valence-corrected chi connectivity index (χ0v) is 13.6. The Bertz CT molecular complexity index is 787. The number of hydrogen-bond donors (Lipinski definition) is 2. The van der Waals surface area contributed by atoms with E-state index in [1.165, 1.54) is 0 Å². The number of hydrogen-bond acceptors (Lipinski definition) is 5. The summed E-state index contributed by atoms with van der Waals surface area (Å²) in [4.78, 5) is 16.5. The zero-order chi connectivity index (χ0) is 15.6. The van der Waals surface area contributed by atoms with E-state index in [9.17, 15) is 13.2 Å². The molecule has 0 aliphatic carbocycles. The lowest BCUT2D eigenvalue weighted by Gasteiger charge is -2.04. The van der Waals surface area contributed by atoms with Gasteiger partial charge in [-0.2, -0.15) is 0 Å². The number of anilines is 2. The standard InChI is InChI=1S/C12H12ClN3O3S2/c1-7-10(20-12(14-7)16-21(2,18)19)11(17)15-9-5-3-4-8(13)6-9/h3-6H,1-2H3,(H,14,16)(H,15,17). The van der Waals surface area contributed by atoms with E-state index in [-0.39, 0.29) is 11.0 Å². The molecule has 0 saturated carbocycles. The van der Waals surface area contributed by atoms with Crippen molar-refractivity contribution in [2.45, 2.75) is 6.92 Å². The van der Waals surface area contributed by atoms with E-state index >= 15 is 0 Å². The van der Waals surface area contributed by atoms with E-state index in [1.54, 1.807) is 31.2 Å². The normalized spacial score (nSPS) is 11.2. The van der Waals surface area contributed by atoms with Crippen LogP contribution in [0.4, 0.5) is 10.8 Å². The first-order valence-corrected chi connectivity index (χ1v) is 8.85. The summed E-state index contributed by atoms with van der Waals surface area (Å²) in [5.41, 5.74) is 1.00. The number of nitrogens with one attached hydrogen (secondary N) is 2. The topological polar surface area (TPSA) is 88.2 Å². The van der Waals surface area contributed by atoms with Gasteiger partial charge in [0.25, 0.3) is 5.91 Å². The number of halogens is 1. The molecule has 1 heterocycles. The minimum atomic E-state index is -3.42. The highest BCUT2D eigenvalue weighted by Gasteiger charge is 2.17. The van der Waals surface area contributed by atoms with Crippen molar-refractivity contribution in [2.75, 3.05) is 16.3 Å². The summed E-state index contributed by atoms with van der Waals surface area (Å²) in [7, 11) is -3.42. The highest BCUT2D eigenvalue weighted by Crippen LogP contribution is 2.24. The second-order valence-electron chi connectivity index (χ2n) is 4.27. The van der Waals surface area contributed by atoms with Crippen LogP contribution in [-0.2, 0) is 10.0 Å². The fourth-order valence-corrected chi connectivity index (χ4v) is 3.45. The van der Waals surface area contributed by atoms with Crippen molar-refractivity contribution >= 4 is 49.7 Å². The summed E-state index contributed by atoms with van der Waals surface area (Å²) in [5.74, 6) is -0.367. The quantitative estimate of drug-likeness (QED) is 0.891. The van der Waals surface area contributed by atoms with E-state index in [1.807, 2.05) is 0 Å². The monoisotopic (exact) mass is 345 g/mol. The molecule has 1 amide bonds. The molecule has 0 saturated heterocycles. The van der Waals surface area contributed by atoms with Crippen LogP contribution in [0.1, 0.15) is 15.4 Å². The summed E-state index contributed by atoms with van der Waals surface area (Å²) >= 11 is 6.82. The van der Waals surface area contributed by atoms with E-state index in [2.05, 4.69) is 15.0 Å². The van der Waals surface area contributed by atoms with E-state index in [4.69, 9.17) is 11.6 Å². The van der Waals surface area contributed by atoms with Crippen LogP contribution in [-0.4, -0.2) is 25.6 Å². The molecule has 0 bridgehead atoms. The number of rotatable bonds is 4. The van der Waals surface area contributed by atoms with Gasteiger partial charge in [0.05, 0.1) is 11.9 Å². The van der Waals surface area contributed by atoms with Crippen LogP contribution in [0.25, 0.3) is 0 Å². The number of aryl methyl sites for hydroxylation is 1. The number of sulfonamides is 1. The Labute approximate surface area is 131 Å². The maximum Gasteiger partial charge on any atom is 0.267 e. The molecule has 0 radical (unpaired) electrons. The third kappa shape index (κ3) is 4.42. The van der Waals surface area contributed by atoms with Gasteiger partial charge in [0.15, 0.2) is 5.13 Å². The Morgan fingerprint density at radius 2 is 2.10 bits per heavy atom. The van der Waals surface area contributed by atoms with Crippen molar-refractivity contribution in [3.05, 3.63) is 39.9 Å². The molecule has 2 N–H and O–H groups in total. The van der Waals surface area contributed by atoms with Crippen LogP contribution < -0.4 is 10.0 Å². The van der Waals surface area contributed by atoms with Crippen molar-refractivity contribution < 1.29 is 13.2 Å². The average Bonchev–Trinajstić information content (AvgIpc) is 2.67. The van der Waals surface area contributed by atoms with Crippen LogP contribution in [0.5, 0.6) is 0 Å². The highest BCUT2D eigenvalue weighted by molar-refractivity contribution is 7.92. The Morgan fingerprint density at radius 1 is 1.38 bits per heavy atom. The molecule has 9 heteroatoms. The number of thiazole rings is 1. The number of benzene rings is 1. The molecule has 0 atom stereocenters. The maximum atomic E-state index is 12.2. The summed E-state index contributed by atoms with van der Waals surface area (Å²) in [5, 5.41) is 3.35. The first kappa shape index (κ1) is 15.7. The Hall–Kier alpha value is -1.64. The van der Waals surface area contributed by atoms with Crippen LogP contribution in [0.15, 0.2) is 24.3 Å². The van der Waals surface area contributed by atoms with Crippen LogP contribution in [0, 0.1) is 6.92 Å². The lowest BCUT2D eigenvalue weighted by molar-refractivity contribution is 0.103. The number of nitrogens with zero attached hydrogens (tertiary/aromatic N) is 1. The molecule has 0 fully saturated rings. The number of amides is 1. The largest absolute Gasteiger partial charge is 0.321 e. The summed E-state index contributed by atoms with van der Waals surface area (Å²) in [6, 6.07) is 6.73. The molecule has 2 aromatic rings. The van der Waals surface area contributed by atoms with Gasteiger partial charge in [0.2, 0.25) is 10.0 Å². The van der Waals surface area contributed by atoms with Crippen molar-refractivity contribution in [1.29, 1.82) is 0 Å². The SMILES string of the molecule is Cc1nc(NS(C)(=O)=O)sc1C(=O)Nc1cccc(Cl)c1. The van der Waals surface area contributed by atoms with Gasteiger partial charge in [-0.25, -0.2) is 13.4 Å². The summed E-state index contributed by atoms with van der Waals surface area (Å²) < 4.78 is 24.6. The second kappa shape index (κ2) is 6.00. The lowest BCUT2D eigenvalue weighted by atomic mass is 10.3. The van der Waals surface area contributed by atoms with Crippen molar-refractivity contribution in [2.24, 2.45) is 0 Å². The smallest absolute Gasteiger partial charge is 0.267 e. The van der Waals surface area contributed by atoms with Crippen molar-refractivity contribution in [3.63, 3.8) is 0 Å². The van der Waals surface area contributed by atoms with E-state index in [0.29, 0.717) is 21.3 Å². The lowest BCUT2D eigenvalue weighted by Crippen LogP contribution is -2.11. The molecule has 0 aliphatic rings. The van der Waals surface area contributed by atoms with Crippen LogP contribution in [0.2, 0.25) is 5.02 Å². The van der Waals surface area contributed by atoms with Gasteiger partial charge in [-0.1, -0.05) is 29.0 Å². The minimum Gasteiger partial charge on any atom is -0.321 e. The third-order valence-electron chi connectivity index (χ3n) is 2.36. The van der Waals surface area contributed by atoms with Gasteiger partial charge in [-0.15, -0.1) is 0 Å². The Balaban J connectivity index is 2.20. The van der Waals surface area contributed by atoms with E-state index < -0.39 is 10.0 Å². The van der Waals surface area contributed by atoms with Crippen molar-refractivity contribution in [3.8, 4) is 0 Å². The molecule has 21 heavy (non-hydrogen) atoms. The second-order valence-corrected chi connectivity index (χ2v) is 7.46. The van der Waals surface area contributed by atoms with Gasteiger partial charge >= 0.3 is 0 Å². The molecule has 0 unspecified atom stereocenters.